The summed E-state index contributed by atoms with van der Waals surface area (Å²) in [5.74, 6) is 4.67. The molecule has 0 saturated carbocycles. The summed E-state index contributed by atoms with van der Waals surface area (Å²) in [4.78, 5) is 47.6. The van der Waals surface area contributed by atoms with Crippen LogP contribution in [0.3, 0.4) is 0 Å². The molecule has 0 bridgehead atoms. The molecule has 40 heavy (non-hydrogen) atoms. The second kappa shape index (κ2) is 10.5. The number of imidazole rings is 1. The highest BCUT2D eigenvalue weighted by Gasteiger charge is 2.37. The standard InChI is InChI=1S/C26H28F3N7O4/c1-25(2,3)40-24(39)35-12-4-5-17(35)22-34-19(20(21(30)37)36(22)31)14-6-8-15(9-7-14)23(38)33-18-13-16(10-11-32-18)26(27,28)29/h6-11,13,17H,4-5,12,31H2,1-3H3,(H2,30,37)(H,32,33,38)/t17-/m0/s1. The normalized spacial score (nSPS) is 15.7. The number of halogens is 3. The van der Waals surface area contributed by atoms with Crippen molar-refractivity contribution in [3.05, 3.63) is 65.2 Å². The van der Waals surface area contributed by atoms with E-state index in [0.29, 0.717) is 24.9 Å². The van der Waals surface area contributed by atoms with Gasteiger partial charge in [0.2, 0.25) is 0 Å². The summed E-state index contributed by atoms with van der Waals surface area (Å²) in [7, 11) is 0. The third-order valence-corrected chi connectivity index (χ3v) is 6.10. The number of primary amides is 1. The number of amides is 3. The number of pyridine rings is 1. The van der Waals surface area contributed by atoms with Crippen molar-refractivity contribution in [3.8, 4) is 11.3 Å². The molecule has 11 nitrogen and oxygen atoms in total. The molecule has 1 atom stereocenters. The molecule has 5 N–H and O–H groups in total. The van der Waals surface area contributed by atoms with Crippen molar-refractivity contribution >= 4 is 23.7 Å². The number of alkyl halides is 3. The molecule has 0 spiro atoms. The van der Waals surface area contributed by atoms with Crippen LogP contribution in [0.4, 0.5) is 23.8 Å². The molecule has 3 aromatic rings. The number of nitrogens with one attached hydrogen (secondary N) is 1. The van der Waals surface area contributed by atoms with E-state index in [4.69, 9.17) is 16.3 Å². The van der Waals surface area contributed by atoms with Crippen LogP contribution in [0.5, 0.6) is 0 Å². The molecule has 4 rings (SSSR count). The molecule has 14 heteroatoms. The number of anilines is 1. The number of nitrogens with zero attached hydrogens (tertiary/aromatic N) is 4. The maximum absolute atomic E-state index is 13.0. The molecule has 2 aromatic heterocycles. The quantitative estimate of drug-likeness (QED) is 0.397. The number of likely N-dealkylation sites (tertiary alicyclic amines) is 1. The molecule has 212 valence electrons. The second-order valence-electron chi connectivity index (χ2n) is 10.2. The number of rotatable bonds is 5. The van der Waals surface area contributed by atoms with Gasteiger partial charge in [0.05, 0.1) is 11.6 Å². The first-order chi connectivity index (χ1) is 18.7. The van der Waals surface area contributed by atoms with Gasteiger partial charge in [-0.15, -0.1) is 0 Å². The van der Waals surface area contributed by atoms with E-state index < -0.39 is 41.3 Å². The number of nitrogens with two attached hydrogens (primary N) is 2. The maximum atomic E-state index is 13.0. The van der Waals surface area contributed by atoms with Crippen molar-refractivity contribution in [1.82, 2.24) is 19.5 Å². The smallest absolute Gasteiger partial charge is 0.416 e. The van der Waals surface area contributed by atoms with Gasteiger partial charge < -0.3 is 21.6 Å². The molecule has 0 aliphatic carbocycles. The highest BCUT2D eigenvalue weighted by atomic mass is 19.4. The Morgan fingerprint density at radius 2 is 1.77 bits per heavy atom. The molecule has 0 unspecified atom stereocenters. The van der Waals surface area contributed by atoms with Gasteiger partial charge in [0.15, 0.2) is 11.5 Å². The van der Waals surface area contributed by atoms with Crippen molar-refractivity contribution in [2.24, 2.45) is 5.73 Å². The zero-order valence-electron chi connectivity index (χ0n) is 22.0. The summed E-state index contributed by atoms with van der Waals surface area (Å²) in [5, 5.41) is 2.33. The Balaban J connectivity index is 1.60. The third kappa shape index (κ3) is 6.00. The van der Waals surface area contributed by atoms with Crippen LogP contribution >= 0.6 is 0 Å². The fourth-order valence-electron chi connectivity index (χ4n) is 4.34. The van der Waals surface area contributed by atoms with E-state index >= 15 is 0 Å². The summed E-state index contributed by atoms with van der Waals surface area (Å²) in [6, 6.07) is 6.76. The first-order valence-corrected chi connectivity index (χ1v) is 12.3. The van der Waals surface area contributed by atoms with Crippen molar-refractivity contribution in [3.63, 3.8) is 0 Å². The average molecular weight is 560 g/mol. The van der Waals surface area contributed by atoms with Crippen molar-refractivity contribution < 1.29 is 32.3 Å². The molecule has 3 amide bonds. The molecular formula is C26H28F3N7O4. The van der Waals surface area contributed by atoms with E-state index in [2.05, 4.69) is 15.3 Å². The lowest BCUT2D eigenvalue weighted by Crippen LogP contribution is -2.38. The van der Waals surface area contributed by atoms with Gasteiger partial charge in [0.1, 0.15) is 17.1 Å². The van der Waals surface area contributed by atoms with Crippen LogP contribution in [0.1, 0.15) is 71.9 Å². The van der Waals surface area contributed by atoms with E-state index in [9.17, 15) is 27.6 Å². The molecule has 0 radical (unpaired) electrons. The molecule has 1 aromatic carbocycles. The lowest BCUT2D eigenvalue weighted by molar-refractivity contribution is -0.137. The molecule has 1 aliphatic rings. The van der Waals surface area contributed by atoms with Crippen LogP contribution in [0.25, 0.3) is 11.3 Å². The Morgan fingerprint density at radius 3 is 2.38 bits per heavy atom. The van der Waals surface area contributed by atoms with Crippen LogP contribution in [-0.4, -0.2) is 49.6 Å². The van der Waals surface area contributed by atoms with Gasteiger partial charge in [0, 0.05) is 23.9 Å². The Morgan fingerprint density at radius 1 is 1.10 bits per heavy atom. The SMILES string of the molecule is CC(C)(C)OC(=O)N1CCC[C@H]1c1nc(-c2ccc(C(=O)Nc3cc(C(F)(F)F)ccn3)cc2)c(C(N)=O)n1N. The van der Waals surface area contributed by atoms with Crippen molar-refractivity contribution in [2.45, 2.75) is 51.4 Å². The minimum Gasteiger partial charge on any atom is -0.444 e. The van der Waals surface area contributed by atoms with Crippen LogP contribution in [0.15, 0.2) is 42.6 Å². The van der Waals surface area contributed by atoms with Gasteiger partial charge in [-0.05, 0) is 57.9 Å². The van der Waals surface area contributed by atoms with Gasteiger partial charge in [0.25, 0.3) is 11.8 Å². The van der Waals surface area contributed by atoms with E-state index in [1.165, 1.54) is 29.2 Å². The number of nitrogen functional groups attached to an aromatic ring is 1. The van der Waals surface area contributed by atoms with Crippen LogP contribution < -0.4 is 16.9 Å². The van der Waals surface area contributed by atoms with E-state index in [1.54, 1.807) is 20.8 Å². The number of hydrogen-bond donors (Lipinski definition) is 3. The van der Waals surface area contributed by atoms with Gasteiger partial charge in [-0.1, -0.05) is 12.1 Å². The largest absolute Gasteiger partial charge is 0.444 e. The zero-order valence-corrected chi connectivity index (χ0v) is 22.0. The van der Waals surface area contributed by atoms with Gasteiger partial charge >= 0.3 is 12.3 Å². The molecule has 3 heterocycles. The number of hydrogen-bond acceptors (Lipinski definition) is 7. The summed E-state index contributed by atoms with van der Waals surface area (Å²) in [6.07, 6.45) is -2.97. The Kier molecular flexibility index (Phi) is 7.46. The lowest BCUT2D eigenvalue weighted by atomic mass is 10.1. The first kappa shape index (κ1) is 28.4. The molecular weight excluding hydrogens is 531 g/mol. The molecule has 1 aliphatic heterocycles. The van der Waals surface area contributed by atoms with Crippen molar-refractivity contribution in [2.75, 3.05) is 17.7 Å². The maximum Gasteiger partial charge on any atom is 0.416 e. The highest BCUT2D eigenvalue weighted by molar-refractivity contribution is 6.04. The lowest BCUT2D eigenvalue weighted by Gasteiger charge is -2.28. The number of carbonyl (C=O) groups excluding carboxylic acids is 3. The van der Waals surface area contributed by atoms with Crippen molar-refractivity contribution in [1.29, 1.82) is 0 Å². The van der Waals surface area contributed by atoms with Crippen LogP contribution in [-0.2, 0) is 10.9 Å². The average Bonchev–Trinajstić information content (AvgIpc) is 3.47. The fraction of sp³-hybridized carbons (Fsp3) is 0.346. The van der Waals surface area contributed by atoms with E-state index in [0.717, 1.165) is 23.0 Å². The minimum atomic E-state index is -4.59. The Bertz CT molecular complexity index is 1450. The molecule has 1 saturated heterocycles. The second-order valence-corrected chi connectivity index (χ2v) is 10.2. The Labute approximate surface area is 227 Å². The zero-order chi connectivity index (χ0) is 29.4. The monoisotopic (exact) mass is 559 g/mol. The van der Waals surface area contributed by atoms with E-state index in [1.807, 2.05) is 0 Å². The predicted molar refractivity (Wildman–Crippen MR) is 138 cm³/mol. The van der Waals surface area contributed by atoms with E-state index in [-0.39, 0.29) is 28.6 Å². The van der Waals surface area contributed by atoms with Gasteiger partial charge in [-0.3, -0.25) is 14.5 Å². The summed E-state index contributed by atoms with van der Waals surface area (Å²) in [6.45, 7) is 5.67. The first-order valence-electron chi connectivity index (χ1n) is 12.3. The Hall–Kier alpha value is -4.62. The van der Waals surface area contributed by atoms with Gasteiger partial charge in [-0.25, -0.2) is 19.4 Å². The summed E-state index contributed by atoms with van der Waals surface area (Å²) in [5.41, 5.74) is 4.51. The minimum absolute atomic E-state index is 0.101. The number of ether oxygens (including phenoxy) is 1. The summed E-state index contributed by atoms with van der Waals surface area (Å²) < 4.78 is 45.5. The topological polar surface area (TPSA) is 158 Å². The summed E-state index contributed by atoms with van der Waals surface area (Å²) >= 11 is 0. The third-order valence-electron chi connectivity index (χ3n) is 6.10. The van der Waals surface area contributed by atoms with Gasteiger partial charge in [-0.2, -0.15) is 13.2 Å². The predicted octanol–water partition coefficient (Wildman–Crippen LogP) is 4.10. The number of benzene rings is 1. The number of carbonyl (C=O) groups is 3. The number of aromatic nitrogens is 3. The highest BCUT2D eigenvalue weighted by Crippen LogP contribution is 2.35. The van der Waals surface area contributed by atoms with Crippen LogP contribution in [0.2, 0.25) is 0 Å². The van der Waals surface area contributed by atoms with Crippen LogP contribution in [0, 0.1) is 0 Å². The fourth-order valence-corrected chi connectivity index (χ4v) is 4.34. The molecule has 1 fully saturated rings.